The van der Waals surface area contributed by atoms with Gasteiger partial charge in [0.05, 0.1) is 17.6 Å². The smallest absolute Gasteiger partial charge is 0.228 e. The van der Waals surface area contributed by atoms with E-state index >= 15 is 0 Å². The third kappa shape index (κ3) is 3.39. The van der Waals surface area contributed by atoms with Gasteiger partial charge in [0.25, 0.3) is 0 Å². The Labute approximate surface area is 105 Å². The maximum Gasteiger partial charge on any atom is 0.228 e. The minimum atomic E-state index is 0.0970. The van der Waals surface area contributed by atoms with Crippen molar-refractivity contribution in [1.29, 1.82) is 0 Å². The van der Waals surface area contributed by atoms with Crippen LogP contribution in [0.15, 0.2) is 41.2 Å². The molecule has 0 atom stereocenters. The molecule has 0 radical (unpaired) electrons. The first-order valence-electron chi connectivity index (χ1n) is 5.40. The number of carbonyl (C=O) groups is 1. The van der Waals surface area contributed by atoms with Crippen molar-refractivity contribution in [2.24, 2.45) is 0 Å². The minimum Gasteiger partial charge on any atom is -0.341 e. The molecule has 0 aliphatic rings. The van der Waals surface area contributed by atoms with Gasteiger partial charge in [0.2, 0.25) is 5.91 Å². The van der Waals surface area contributed by atoms with E-state index in [0.29, 0.717) is 13.0 Å². The number of thiazole rings is 1. The summed E-state index contributed by atoms with van der Waals surface area (Å²) in [6.07, 6.45) is 0.382. The van der Waals surface area contributed by atoms with E-state index in [4.69, 9.17) is 0 Å². The summed E-state index contributed by atoms with van der Waals surface area (Å²) in [7, 11) is 1.82. The standard InChI is InChI=1S/C13H14N2OS/c1-15(8-11-5-3-2-4-6-11)13(16)7-12-9-17-10-14-12/h2-6,9-10H,7-8H2,1H3. The molecule has 1 aromatic heterocycles. The van der Waals surface area contributed by atoms with Crippen LogP contribution < -0.4 is 0 Å². The molecule has 1 heterocycles. The van der Waals surface area contributed by atoms with Crippen LogP contribution >= 0.6 is 11.3 Å². The highest BCUT2D eigenvalue weighted by molar-refractivity contribution is 7.07. The van der Waals surface area contributed by atoms with Gasteiger partial charge in [0.15, 0.2) is 0 Å². The van der Waals surface area contributed by atoms with Crippen molar-refractivity contribution in [2.45, 2.75) is 13.0 Å². The molecule has 2 aromatic rings. The summed E-state index contributed by atoms with van der Waals surface area (Å²) >= 11 is 1.52. The molecule has 0 saturated heterocycles. The molecule has 4 heteroatoms. The monoisotopic (exact) mass is 246 g/mol. The normalized spacial score (nSPS) is 10.2. The lowest BCUT2D eigenvalue weighted by molar-refractivity contribution is -0.129. The average molecular weight is 246 g/mol. The highest BCUT2D eigenvalue weighted by atomic mass is 32.1. The van der Waals surface area contributed by atoms with Crippen LogP contribution in [-0.4, -0.2) is 22.8 Å². The van der Waals surface area contributed by atoms with Crippen LogP contribution in [0.5, 0.6) is 0 Å². The predicted molar refractivity (Wildman–Crippen MR) is 68.7 cm³/mol. The molecular formula is C13H14N2OS. The van der Waals surface area contributed by atoms with Gasteiger partial charge < -0.3 is 4.90 Å². The fraction of sp³-hybridized carbons (Fsp3) is 0.231. The lowest BCUT2D eigenvalue weighted by atomic mass is 10.2. The molecule has 1 aromatic carbocycles. The van der Waals surface area contributed by atoms with Crippen LogP contribution in [0.25, 0.3) is 0 Å². The average Bonchev–Trinajstić information content (AvgIpc) is 2.83. The van der Waals surface area contributed by atoms with E-state index in [-0.39, 0.29) is 5.91 Å². The Bertz CT molecular complexity index is 467. The van der Waals surface area contributed by atoms with Crippen molar-refractivity contribution in [1.82, 2.24) is 9.88 Å². The highest BCUT2D eigenvalue weighted by Crippen LogP contribution is 2.07. The van der Waals surface area contributed by atoms with Crippen LogP contribution in [0.3, 0.4) is 0 Å². The van der Waals surface area contributed by atoms with Crippen LogP contribution in [0.4, 0.5) is 0 Å². The van der Waals surface area contributed by atoms with Crippen molar-refractivity contribution >= 4 is 17.2 Å². The van der Waals surface area contributed by atoms with Crippen molar-refractivity contribution in [2.75, 3.05) is 7.05 Å². The molecule has 17 heavy (non-hydrogen) atoms. The molecule has 3 nitrogen and oxygen atoms in total. The van der Waals surface area contributed by atoms with Crippen molar-refractivity contribution in [3.63, 3.8) is 0 Å². The first kappa shape index (κ1) is 11.8. The van der Waals surface area contributed by atoms with E-state index in [1.54, 1.807) is 10.4 Å². The summed E-state index contributed by atoms with van der Waals surface area (Å²) in [5.41, 5.74) is 3.74. The molecule has 0 aliphatic heterocycles. The topological polar surface area (TPSA) is 33.2 Å². The fourth-order valence-electron chi connectivity index (χ4n) is 1.56. The zero-order chi connectivity index (χ0) is 12.1. The van der Waals surface area contributed by atoms with E-state index in [2.05, 4.69) is 4.98 Å². The number of nitrogens with zero attached hydrogens (tertiary/aromatic N) is 2. The maximum absolute atomic E-state index is 11.9. The molecule has 0 fully saturated rings. The number of likely N-dealkylation sites (N-methyl/N-ethyl adjacent to an activating group) is 1. The Kier molecular flexibility index (Phi) is 3.88. The first-order valence-corrected chi connectivity index (χ1v) is 6.35. The molecule has 1 amide bonds. The maximum atomic E-state index is 11.9. The van der Waals surface area contributed by atoms with Gasteiger partial charge in [-0.25, -0.2) is 4.98 Å². The quantitative estimate of drug-likeness (QED) is 0.829. The second kappa shape index (κ2) is 5.59. The Morgan fingerprint density at radius 3 is 2.76 bits per heavy atom. The molecule has 0 aliphatic carbocycles. The van der Waals surface area contributed by atoms with Gasteiger partial charge in [-0.05, 0) is 5.56 Å². The molecule has 0 N–H and O–H groups in total. The molecular weight excluding hydrogens is 232 g/mol. The summed E-state index contributed by atoms with van der Waals surface area (Å²) in [6, 6.07) is 9.97. The number of hydrogen-bond acceptors (Lipinski definition) is 3. The Hall–Kier alpha value is -1.68. The van der Waals surface area contributed by atoms with Crippen LogP contribution in [-0.2, 0) is 17.8 Å². The molecule has 0 bridgehead atoms. The van der Waals surface area contributed by atoms with E-state index in [0.717, 1.165) is 11.3 Å². The van der Waals surface area contributed by atoms with Crippen molar-refractivity contribution in [3.8, 4) is 0 Å². The third-order valence-corrected chi connectivity index (χ3v) is 3.14. The van der Waals surface area contributed by atoms with Gasteiger partial charge in [-0.1, -0.05) is 30.3 Å². The van der Waals surface area contributed by atoms with Gasteiger partial charge >= 0.3 is 0 Å². The van der Waals surface area contributed by atoms with Crippen LogP contribution in [0.1, 0.15) is 11.3 Å². The van der Waals surface area contributed by atoms with Crippen LogP contribution in [0, 0.1) is 0 Å². The summed E-state index contributed by atoms with van der Waals surface area (Å²) < 4.78 is 0. The van der Waals surface area contributed by atoms with Gasteiger partial charge in [-0.15, -0.1) is 11.3 Å². The van der Waals surface area contributed by atoms with E-state index in [9.17, 15) is 4.79 Å². The predicted octanol–water partition coefficient (Wildman–Crippen LogP) is 2.34. The SMILES string of the molecule is CN(Cc1ccccc1)C(=O)Cc1cscn1. The van der Waals surface area contributed by atoms with Gasteiger partial charge in [-0.2, -0.15) is 0 Å². The number of rotatable bonds is 4. The first-order chi connectivity index (χ1) is 8.25. The number of aromatic nitrogens is 1. The lowest BCUT2D eigenvalue weighted by Gasteiger charge is -2.16. The highest BCUT2D eigenvalue weighted by Gasteiger charge is 2.10. The second-order valence-corrected chi connectivity index (χ2v) is 4.61. The Balaban J connectivity index is 1.92. The number of carbonyl (C=O) groups excluding carboxylic acids is 1. The summed E-state index contributed by atoms with van der Waals surface area (Å²) in [4.78, 5) is 17.8. The van der Waals surface area contributed by atoms with E-state index in [1.165, 1.54) is 11.3 Å². The number of benzene rings is 1. The number of hydrogen-bond donors (Lipinski definition) is 0. The summed E-state index contributed by atoms with van der Waals surface area (Å²) in [5, 5.41) is 1.91. The molecule has 0 spiro atoms. The molecule has 0 saturated carbocycles. The zero-order valence-corrected chi connectivity index (χ0v) is 10.5. The van der Waals surface area contributed by atoms with Gasteiger partial charge in [0.1, 0.15) is 0 Å². The van der Waals surface area contributed by atoms with E-state index in [1.807, 2.05) is 42.8 Å². The minimum absolute atomic E-state index is 0.0970. The van der Waals surface area contributed by atoms with Gasteiger partial charge in [0, 0.05) is 19.0 Å². The Morgan fingerprint density at radius 2 is 2.12 bits per heavy atom. The zero-order valence-electron chi connectivity index (χ0n) is 9.67. The molecule has 0 unspecified atom stereocenters. The third-order valence-electron chi connectivity index (χ3n) is 2.50. The molecule has 88 valence electrons. The van der Waals surface area contributed by atoms with E-state index < -0.39 is 0 Å². The summed E-state index contributed by atoms with van der Waals surface area (Å²) in [6.45, 7) is 0.643. The number of amides is 1. The lowest BCUT2D eigenvalue weighted by Crippen LogP contribution is -2.27. The van der Waals surface area contributed by atoms with Crippen molar-refractivity contribution in [3.05, 3.63) is 52.5 Å². The van der Waals surface area contributed by atoms with Crippen LogP contribution in [0.2, 0.25) is 0 Å². The fourth-order valence-corrected chi connectivity index (χ4v) is 2.12. The Morgan fingerprint density at radius 1 is 1.35 bits per heavy atom. The second-order valence-electron chi connectivity index (χ2n) is 3.89. The molecule has 2 rings (SSSR count). The summed E-state index contributed by atoms with van der Waals surface area (Å²) in [5.74, 6) is 0.0970. The van der Waals surface area contributed by atoms with Crippen molar-refractivity contribution < 1.29 is 4.79 Å². The largest absolute Gasteiger partial charge is 0.341 e. The van der Waals surface area contributed by atoms with Gasteiger partial charge in [-0.3, -0.25) is 4.79 Å².